The minimum atomic E-state index is -0.400. The van der Waals surface area contributed by atoms with Crippen LogP contribution in [0.15, 0.2) is 54.6 Å². The van der Waals surface area contributed by atoms with Crippen LogP contribution in [0.4, 0.5) is 5.69 Å². The zero-order valence-electron chi connectivity index (χ0n) is 18.8. The molecule has 1 aliphatic carbocycles. The lowest BCUT2D eigenvalue weighted by Crippen LogP contribution is -2.37. The van der Waals surface area contributed by atoms with Gasteiger partial charge in [0.05, 0.1) is 12.0 Å². The van der Waals surface area contributed by atoms with Crippen molar-refractivity contribution in [2.75, 3.05) is 31.6 Å². The van der Waals surface area contributed by atoms with Gasteiger partial charge in [0.25, 0.3) is 0 Å². The number of nitrogens with zero attached hydrogens (tertiary/aromatic N) is 1. The van der Waals surface area contributed by atoms with Crippen molar-refractivity contribution >= 4 is 11.6 Å². The molecule has 2 aliphatic rings. The SMILES string of the molecule is CC1CCN(CCCOc2ccc(NC(=O)C3(c4ccccc4)CCCC3)cc2)CC1. The number of likely N-dealkylation sites (tertiary alicyclic amines) is 1. The van der Waals surface area contributed by atoms with Gasteiger partial charge < -0.3 is 15.0 Å². The van der Waals surface area contributed by atoms with Gasteiger partial charge in [-0.15, -0.1) is 0 Å². The zero-order chi connectivity index (χ0) is 21.5. The van der Waals surface area contributed by atoms with Crippen LogP contribution in [0.2, 0.25) is 0 Å². The fourth-order valence-corrected chi connectivity index (χ4v) is 5.03. The fraction of sp³-hybridized carbons (Fsp3) is 0.519. The first-order chi connectivity index (χ1) is 15.2. The molecule has 4 nitrogen and oxygen atoms in total. The number of amides is 1. The highest BCUT2D eigenvalue weighted by Crippen LogP contribution is 2.42. The summed E-state index contributed by atoms with van der Waals surface area (Å²) in [6, 6.07) is 18.1. The maximum atomic E-state index is 13.3. The predicted octanol–water partition coefficient (Wildman–Crippen LogP) is 5.64. The molecule has 1 amide bonds. The number of hydrogen-bond acceptors (Lipinski definition) is 3. The molecule has 2 fully saturated rings. The normalized spacial score (nSPS) is 19.3. The van der Waals surface area contributed by atoms with Crippen molar-refractivity contribution in [3.05, 3.63) is 60.2 Å². The minimum absolute atomic E-state index is 0.112. The van der Waals surface area contributed by atoms with Crippen molar-refractivity contribution in [3.63, 3.8) is 0 Å². The van der Waals surface area contributed by atoms with Gasteiger partial charge in [-0.05, 0) is 80.9 Å². The minimum Gasteiger partial charge on any atom is -0.494 e. The summed E-state index contributed by atoms with van der Waals surface area (Å²) in [7, 11) is 0. The molecule has 0 bridgehead atoms. The quantitative estimate of drug-likeness (QED) is 0.562. The number of carbonyl (C=O) groups is 1. The van der Waals surface area contributed by atoms with E-state index in [4.69, 9.17) is 4.74 Å². The fourth-order valence-electron chi connectivity index (χ4n) is 5.03. The van der Waals surface area contributed by atoms with Crippen molar-refractivity contribution < 1.29 is 9.53 Å². The highest BCUT2D eigenvalue weighted by atomic mass is 16.5. The molecule has 2 aromatic rings. The molecular weight excluding hydrogens is 384 g/mol. The van der Waals surface area contributed by atoms with Crippen molar-refractivity contribution in [1.82, 2.24) is 4.90 Å². The molecule has 1 saturated carbocycles. The lowest BCUT2D eigenvalue weighted by Gasteiger charge is -2.30. The van der Waals surface area contributed by atoms with Gasteiger partial charge in [0.2, 0.25) is 5.91 Å². The van der Waals surface area contributed by atoms with E-state index in [-0.39, 0.29) is 5.91 Å². The summed E-state index contributed by atoms with van der Waals surface area (Å²) in [4.78, 5) is 15.8. The number of hydrogen-bond donors (Lipinski definition) is 1. The molecule has 0 atom stereocenters. The predicted molar refractivity (Wildman–Crippen MR) is 127 cm³/mol. The third-order valence-electron chi connectivity index (χ3n) is 7.09. The Balaban J connectivity index is 1.27. The molecule has 4 rings (SSSR count). The molecule has 0 aromatic heterocycles. The van der Waals surface area contributed by atoms with Crippen LogP contribution in [-0.4, -0.2) is 37.0 Å². The van der Waals surface area contributed by atoms with Crippen LogP contribution >= 0.6 is 0 Å². The van der Waals surface area contributed by atoms with E-state index in [0.717, 1.165) is 68.2 Å². The van der Waals surface area contributed by atoms with Crippen LogP contribution < -0.4 is 10.1 Å². The monoisotopic (exact) mass is 420 g/mol. The van der Waals surface area contributed by atoms with Gasteiger partial charge >= 0.3 is 0 Å². The number of nitrogens with one attached hydrogen (secondary N) is 1. The zero-order valence-corrected chi connectivity index (χ0v) is 18.8. The Bertz CT molecular complexity index is 820. The number of carbonyl (C=O) groups excluding carboxylic acids is 1. The molecule has 31 heavy (non-hydrogen) atoms. The van der Waals surface area contributed by atoms with Crippen molar-refractivity contribution in [3.8, 4) is 5.75 Å². The van der Waals surface area contributed by atoms with Crippen molar-refractivity contribution in [1.29, 1.82) is 0 Å². The number of benzene rings is 2. The van der Waals surface area contributed by atoms with E-state index >= 15 is 0 Å². The second-order valence-corrected chi connectivity index (χ2v) is 9.36. The van der Waals surface area contributed by atoms with E-state index in [1.165, 1.54) is 25.9 Å². The summed E-state index contributed by atoms with van der Waals surface area (Å²) in [5, 5.41) is 3.16. The van der Waals surface area contributed by atoms with Gasteiger partial charge in [-0.2, -0.15) is 0 Å². The van der Waals surface area contributed by atoms with E-state index < -0.39 is 5.41 Å². The number of piperidine rings is 1. The Morgan fingerprint density at radius 1 is 1.03 bits per heavy atom. The molecule has 1 heterocycles. The lowest BCUT2D eigenvalue weighted by molar-refractivity contribution is -0.121. The van der Waals surface area contributed by atoms with Crippen LogP contribution in [0.3, 0.4) is 0 Å². The second kappa shape index (κ2) is 10.3. The summed E-state index contributed by atoms with van der Waals surface area (Å²) in [6.07, 6.45) is 7.72. The van der Waals surface area contributed by atoms with E-state index in [2.05, 4.69) is 29.3 Å². The molecule has 1 saturated heterocycles. The summed E-state index contributed by atoms with van der Waals surface area (Å²) in [5.74, 6) is 1.85. The molecule has 2 aromatic carbocycles. The third kappa shape index (κ3) is 5.48. The van der Waals surface area contributed by atoms with E-state index in [1.807, 2.05) is 42.5 Å². The Hall–Kier alpha value is -2.33. The summed E-state index contributed by atoms with van der Waals surface area (Å²) in [5.41, 5.74) is 1.57. The van der Waals surface area contributed by atoms with Gasteiger partial charge in [0, 0.05) is 12.2 Å². The van der Waals surface area contributed by atoms with Crippen LogP contribution in [0, 0.1) is 5.92 Å². The highest BCUT2D eigenvalue weighted by molar-refractivity contribution is 5.99. The van der Waals surface area contributed by atoms with Gasteiger partial charge in [-0.25, -0.2) is 0 Å². The molecule has 4 heteroatoms. The average molecular weight is 421 g/mol. The van der Waals surface area contributed by atoms with Crippen LogP contribution in [0.1, 0.15) is 57.4 Å². The molecule has 1 N–H and O–H groups in total. The smallest absolute Gasteiger partial charge is 0.235 e. The topological polar surface area (TPSA) is 41.6 Å². The maximum absolute atomic E-state index is 13.3. The van der Waals surface area contributed by atoms with E-state index in [0.29, 0.717) is 0 Å². The first-order valence-electron chi connectivity index (χ1n) is 12.0. The average Bonchev–Trinajstić information content (AvgIpc) is 3.31. The van der Waals surface area contributed by atoms with Crippen molar-refractivity contribution in [2.24, 2.45) is 5.92 Å². The number of anilines is 1. The van der Waals surface area contributed by atoms with Crippen LogP contribution in [0.25, 0.3) is 0 Å². The first-order valence-corrected chi connectivity index (χ1v) is 12.0. The standard InChI is InChI=1S/C27H36N2O2/c1-22-14-19-29(20-15-22)18-7-21-31-25-12-10-24(11-13-25)28-26(30)27(16-5-6-17-27)23-8-3-2-4-9-23/h2-4,8-13,22H,5-7,14-21H2,1H3,(H,28,30). The number of ether oxygens (including phenoxy) is 1. The summed E-state index contributed by atoms with van der Waals surface area (Å²) >= 11 is 0. The largest absolute Gasteiger partial charge is 0.494 e. The molecule has 1 aliphatic heterocycles. The Morgan fingerprint density at radius 3 is 2.39 bits per heavy atom. The summed E-state index contributed by atoms with van der Waals surface area (Å²) in [6.45, 7) is 6.64. The van der Waals surface area contributed by atoms with Gasteiger partial charge in [0.1, 0.15) is 5.75 Å². The second-order valence-electron chi connectivity index (χ2n) is 9.36. The maximum Gasteiger partial charge on any atom is 0.235 e. The van der Waals surface area contributed by atoms with Gasteiger partial charge in [-0.3, -0.25) is 4.79 Å². The van der Waals surface area contributed by atoms with Crippen LogP contribution in [-0.2, 0) is 10.2 Å². The molecule has 0 unspecified atom stereocenters. The van der Waals surface area contributed by atoms with Crippen LogP contribution in [0.5, 0.6) is 5.75 Å². The lowest BCUT2D eigenvalue weighted by atomic mass is 9.78. The Morgan fingerprint density at radius 2 is 1.71 bits per heavy atom. The van der Waals surface area contributed by atoms with Crippen molar-refractivity contribution in [2.45, 2.75) is 57.3 Å². The third-order valence-corrected chi connectivity index (χ3v) is 7.09. The summed E-state index contributed by atoms with van der Waals surface area (Å²) < 4.78 is 5.93. The molecule has 0 radical (unpaired) electrons. The molecule has 166 valence electrons. The Kier molecular flexibility index (Phi) is 7.29. The highest BCUT2D eigenvalue weighted by Gasteiger charge is 2.42. The molecule has 0 spiro atoms. The Labute approximate surface area is 187 Å². The first kappa shape index (κ1) is 21.9. The van der Waals surface area contributed by atoms with Gasteiger partial charge in [0.15, 0.2) is 0 Å². The number of rotatable bonds is 8. The van der Waals surface area contributed by atoms with E-state index in [1.54, 1.807) is 0 Å². The molecular formula is C27H36N2O2. The van der Waals surface area contributed by atoms with E-state index in [9.17, 15) is 4.79 Å². The van der Waals surface area contributed by atoms with Gasteiger partial charge in [-0.1, -0.05) is 50.1 Å².